The third-order valence-corrected chi connectivity index (χ3v) is 13.0. The first kappa shape index (κ1) is 32.2. The van der Waals surface area contributed by atoms with E-state index in [0.717, 1.165) is 0 Å². The topological polar surface area (TPSA) is 0 Å². The predicted octanol–water partition coefficient (Wildman–Crippen LogP) is 15.9. The standard InChI is InChI=1S/C57H38/c1-57(2)55-48-30-16-10-24-41(48)50(34-51(55)54-42-25-11-8-22-39(42)40-23-9-17-31-49(40)56(54)57)53-45-28-14-12-26-43(45)52(44-27-13-15-29-46(44)53)47-33-32-36(35-18-4-3-5-19-35)37-20-6-7-21-38(37)47/h3-34H,1-2H3. The Hall–Kier alpha value is -7.02. The van der Waals surface area contributed by atoms with E-state index >= 15 is 0 Å². The summed E-state index contributed by atoms with van der Waals surface area (Å²) in [6, 6.07) is 72.4. The summed E-state index contributed by atoms with van der Waals surface area (Å²) in [6.07, 6.45) is 0. The van der Waals surface area contributed by atoms with Crippen molar-refractivity contribution in [3.05, 3.63) is 205 Å². The fourth-order valence-electron chi connectivity index (χ4n) is 10.7. The highest BCUT2D eigenvalue weighted by atomic mass is 14.4. The summed E-state index contributed by atoms with van der Waals surface area (Å²) >= 11 is 0. The zero-order chi connectivity index (χ0) is 37.8. The molecule has 1 aliphatic carbocycles. The number of fused-ring (bicyclic) bond motifs is 13. The van der Waals surface area contributed by atoms with E-state index in [1.54, 1.807) is 0 Å². The summed E-state index contributed by atoms with van der Waals surface area (Å²) in [5, 5.41) is 15.6. The van der Waals surface area contributed by atoms with E-state index in [2.05, 4.69) is 208 Å². The van der Waals surface area contributed by atoms with Crippen molar-refractivity contribution in [1.82, 2.24) is 0 Å². The van der Waals surface area contributed by atoms with Crippen molar-refractivity contribution >= 4 is 64.6 Å². The molecule has 0 bridgehead atoms. The van der Waals surface area contributed by atoms with Gasteiger partial charge in [0.15, 0.2) is 0 Å². The van der Waals surface area contributed by atoms with Crippen LogP contribution in [0.4, 0.5) is 0 Å². The Balaban J connectivity index is 1.21. The van der Waals surface area contributed by atoms with E-state index in [4.69, 9.17) is 0 Å². The van der Waals surface area contributed by atoms with Crippen molar-refractivity contribution in [3.8, 4) is 44.5 Å². The lowest BCUT2D eigenvalue weighted by atomic mass is 9.77. The van der Waals surface area contributed by atoms with Gasteiger partial charge in [-0.05, 0) is 126 Å². The zero-order valence-corrected chi connectivity index (χ0v) is 32.0. The summed E-state index contributed by atoms with van der Waals surface area (Å²) in [5.74, 6) is 0. The van der Waals surface area contributed by atoms with Crippen LogP contribution in [-0.2, 0) is 5.41 Å². The normalized spacial score (nSPS) is 13.2. The van der Waals surface area contributed by atoms with Crippen molar-refractivity contribution in [3.63, 3.8) is 0 Å². The molecule has 0 fully saturated rings. The minimum Gasteiger partial charge on any atom is -0.0622 e. The monoisotopic (exact) mass is 722 g/mol. The molecule has 0 atom stereocenters. The molecule has 1 aliphatic rings. The van der Waals surface area contributed by atoms with Crippen molar-refractivity contribution in [2.75, 3.05) is 0 Å². The van der Waals surface area contributed by atoms with Gasteiger partial charge >= 0.3 is 0 Å². The van der Waals surface area contributed by atoms with Crippen molar-refractivity contribution in [1.29, 1.82) is 0 Å². The summed E-state index contributed by atoms with van der Waals surface area (Å²) in [5.41, 5.74) is 13.0. The van der Waals surface area contributed by atoms with Gasteiger partial charge in [-0.3, -0.25) is 0 Å². The van der Waals surface area contributed by atoms with E-state index in [-0.39, 0.29) is 5.41 Å². The summed E-state index contributed by atoms with van der Waals surface area (Å²) in [4.78, 5) is 0. The minimum atomic E-state index is -0.201. The fraction of sp³-hybridized carbons (Fsp3) is 0.0526. The van der Waals surface area contributed by atoms with Crippen LogP contribution < -0.4 is 0 Å². The predicted molar refractivity (Wildman–Crippen MR) is 245 cm³/mol. The van der Waals surface area contributed by atoms with Gasteiger partial charge in [0, 0.05) is 5.41 Å². The minimum absolute atomic E-state index is 0.201. The van der Waals surface area contributed by atoms with Crippen LogP contribution in [0.1, 0.15) is 25.0 Å². The smallest absolute Gasteiger partial charge is 0.0171 e. The first-order chi connectivity index (χ1) is 28.1. The molecule has 0 aromatic heterocycles. The molecule has 11 aromatic rings. The maximum absolute atomic E-state index is 2.56. The Morgan fingerprint density at radius 1 is 0.246 bits per heavy atom. The summed E-state index contributed by atoms with van der Waals surface area (Å²) < 4.78 is 0. The van der Waals surface area contributed by atoms with E-state index in [0.29, 0.717) is 0 Å². The molecule has 0 radical (unpaired) electrons. The molecule has 0 N–H and O–H groups in total. The van der Waals surface area contributed by atoms with Gasteiger partial charge in [0.1, 0.15) is 0 Å². The average molecular weight is 723 g/mol. The molecular formula is C57H38. The Morgan fingerprint density at radius 3 is 1.14 bits per heavy atom. The maximum atomic E-state index is 2.56. The quantitative estimate of drug-likeness (QED) is 0.126. The number of hydrogen-bond donors (Lipinski definition) is 0. The Labute approximate surface area is 332 Å². The van der Waals surface area contributed by atoms with Gasteiger partial charge in [-0.15, -0.1) is 0 Å². The molecule has 266 valence electrons. The molecular weight excluding hydrogens is 685 g/mol. The SMILES string of the molecule is CC1(C)c2c(cc(-c3c4ccccc4c(-c4ccc(-c5ccccc5)c5ccccc45)c4ccccc34)c3ccccc23)-c2c1c1ccccc1c1ccccc21. The lowest BCUT2D eigenvalue weighted by molar-refractivity contribution is 0.672. The Bertz CT molecular complexity index is 3420. The largest absolute Gasteiger partial charge is 0.0622 e. The van der Waals surface area contributed by atoms with Crippen LogP contribution in [0.2, 0.25) is 0 Å². The lowest BCUT2D eigenvalue weighted by Gasteiger charge is -2.26. The second-order valence-electron chi connectivity index (χ2n) is 16.3. The second-order valence-corrected chi connectivity index (χ2v) is 16.3. The van der Waals surface area contributed by atoms with Crippen molar-refractivity contribution < 1.29 is 0 Å². The van der Waals surface area contributed by atoms with Gasteiger partial charge in [-0.25, -0.2) is 0 Å². The van der Waals surface area contributed by atoms with Gasteiger partial charge in [-0.2, -0.15) is 0 Å². The van der Waals surface area contributed by atoms with Gasteiger partial charge in [0.05, 0.1) is 0 Å². The third kappa shape index (κ3) is 4.44. The molecule has 0 spiro atoms. The van der Waals surface area contributed by atoms with Gasteiger partial charge in [0.25, 0.3) is 0 Å². The number of rotatable bonds is 3. The van der Waals surface area contributed by atoms with Crippen LogP contribution in [0.15, 0.2) is 194 Å². The highest BCUT2D eigenvalue weighted by Crippen LogP contribution is 2.58. The van der Waals surface area contributed by atoms with E-state index < -0.39 is 0 Å². The van der Waals surface area contributed by atoms with E-state index in [1.165, 1.54) is 120 Å². The van der Waals surface area contributed by atoms with Crippen LogP contribution in [0.3, 0.4) is 0 Å². The molecule has 0 amide bonds. The first-order valence-corrected chi connectivity index (χ1v) is 20.1. The molecule has 0 saturated heterocycles. The molecule has 0 saturated carbocycles. The molecule has 0 aliphatic heterocycles. The van der Waals surface area contributed by atoms with E-state index in [9.17, 15) is 0 Å². The Kier molecular flexibility index (Phi) is 6.78. The van der Waals surface area contributed by atoms with Gasteiger partial charge in [-0.1, -0.05) is 202 Å². The summed E-state index contributed by atoms with van der Waals surface area (Å²) in [7, 11) is 0. The molecule has 0 unspecified atom stereocenters. The number of hydrogen-bond acceptors (Lipinski definition) is 0. The van der Waals surface area contributed by atoms with E-state index in [1.807, 2.05) is 0 Å². The van der Waals surface area contributed by atoms with Crippen LogP contribution in [-0.4, -0.2) is 0 Å². The van der Waals surface area contributed by atoms with Crippen LogP contribution in [0.5, 0.6) is 0 Å². The molecule has 0 heterocycles. The highest BCUT2D eigenvalue weighted by molar-refractivity contribution is 6.27. The third-order valence-electron chi connectivity index (χ3n) is 13.0. The van der Waals surface area contributed by atoms with Crippen molar-refractivity contribution in [2.24, 2.45) is 0 Å². The second kappa shape index (κ2) is 12.0. The molecule has 0 nitrogen and oxygen atoms in total. The van der Waals surface area contributed by atoms with Crippen LogP contribution in [0, 0.1) is 0 Å². The fourth-order valence-corrected chi connectivity index (χ4v) is 10.7. The summed E-state index contributed by atoms with van der Waals surface area (Å²) in [6.45, 7) is 4.88. The van der Waals surface area contributed by atoms with Crippen LogP contribution in [0.25, 0.3) is 109 Å². The molecule has 12 rings (SSSR count). The highest BCUT2D eigenvalue weighted by Gasteiger charge is 2.40. The number of benzene rings is 11. The molecule has 11 aromatic carbocycles. The van der Waals surface area contributed by atoms with Gasteiger partial charge < -0.3 is 0 Å². The molecule has 57 heavy (non-hydrogen) atoms. The first-order valence-electron chi connectivity index (χ1n) is 20.1. The average Bonchev–Trinajstić information content (AvgIpc) is 3.52. The lowest BCUT2D eigenvalue weighted by Crippen LogP contribution is -2.16. The van der Waals surface area contributed by atoms with Crippen molar-refractivity contribution in [2.45, 2.75) is 19.3 Å². The van der Waals surface area contributed by atoms with Gasteiger partial charge in [0.2, 0.25) is 0 Å². The van der Waals surface area contributed by atoms with Crippen LogP contribution >= 0.6 is 0 Å². The Morgan fingerprint density at radius 2 is 0.596 bits per heavy atom. The maximum Gasteiger partial charge on any atom is 0.0171 e. The zero-order valence-electron chi connectivity index (χ0n) is 32.0. The molecule has 0 heteroatoms.